The summed E-state index contributed by atoms with van der Waals surface area (Å²) < 4.78 is 5.82. The van der Waals surface area contributed by atoms with Crippen LogP contribution in [0.25, 0.3) is 0 Å². The molecule has 0 aliphatic carbocycles. The molecule has 144 valence electrons. The first kappa shape index (κ1) is 19.7. The lowest BCUT2D eigenvalue weighted by atomic mass is 10.0. The van der Waals surface area contributed by atoms with Crippen LogP contribution in [-0.2, 0) is 17.6 Å². The maximum absolute atomic E-state index is 12.3. The van der Waals surface area contributed by atoms with E-state index < -0.39 is 0 Å². The molecule has 0 radical (unpaired) electrons. The van der Waals surface area contributed by atoms with Crippen LogP contribution in [0.2, 0.25) is 0 Å². The normalized spacial score (nSPS) is 11.6. The number of benzene rings is 3. The molecular weight excluding hydrogens is 346 g/mol. The first-order valence-electron chi connectivity index (χ1n) is 9.78. The number of para-hydroxylation sites is 1. The Morgan fingerprint density at radius 2 is 1.46 bits per heavy atom. The van der Waals surface area contributed by atoms with E-state index in [4.69, 9.17) is 4.74 Å². The van der Waals surface area contributed by atoms with Gasteiger partial charge in [-0.2, -0.15) is 0 Å². The van der Waals surface area contributed by atoms with Crippen LogP contribution in [0.15, 0.2) is 84.9 Å². The summed E-state index contributed by atoms with van der Waals surface area (Å²) in [6.07, 6.45) is 2.63. The fraction of sp³-hybridized carbons (Fsp3) is 0.240. The molecule has 3 heteroatoms. The van der Waals surface area contributed by atoms with Gasteiger partial charge in [0.05, 0.1) is 0 Å². The van der Waals surface area contributed by atoms with Gasteiger partial charge in [-0.15, -0.1) is 0 Å². The molecule has 0 fully saturated rings. The number of nitrogens with one attached hydrogen (secondary N) is 1. The van der Waals surface area contributed by atoms with E-state index >= 15 is 0 Å². The highest BCUT2D eigenvalue weighted by atomic mass is 16.5. The summed E-state index contributed by atoms with van der Waals surface area (Å²) in [4.78, 5) is 12.3. The fourth-order valence-corrected chi connectivity index (χ4v) is 3.17. The Hall–Kier alpha value is -3.07. The lowest BCUT2D eigenvalue weighted by Crippen LogP contribution is -2.36. The van der Waals surface area contributed by atoms with Crippen molar-refractivity contribution in [2.45, 2.75) is 32.2 Å². The van der Waals surface area contributed by atoms with Crippen molar-refractivity contribution >= 4 is 5.91 Å². The van der Waals surface area contributed by atoms with Crippen LogP contribution < -0.4 is 10.1 Å². The number of carbonyl (C=O) groups excluding carboxylic acids is 1. The Morgan fingerprint density at radius 1 is 0.857 bits per heavy atom. The minimum atomic E-state index is -0.0879. The van der Waals surface area contributed by atoms with Gasteiger partial charge in [0.2, 0.25) is 0 Å². The first-order valence-corrected chi connectivity index (χ1v) is 9.78. The highest BCUT2D eigenvalue weighted by Gasteiger charge is 2.10. The first-order chi connectivity index (χ1) is 13.7. The topological polar surface area (TPSA) is 38.3 Å². The van der Waals surface area contributed by atoms with Gasteiger partial charge in [0.25, 0.3) is 5.91 Å². The van der Waals surface area contributed by atoms with Crippen molar-refractivity contribution in [3.63, 3.8) is 0 Å². The summed E-state index contributed by atoms with van der Waals surface area (Å²) in [5, 5.41) is 3.03. The van der Waals surface area contributed by atoms with Gasteiger partial charge in [-0.3, -0.25) is 4.79 Å². The van der Waals surface area contributed by atoms with Crippen molar-refractivity contribution in [2.24, 2.45) is 0 Å². The van der Waals surface area contributed by atoms with Crippen molar-refractivity contribution in [3.05, 3.63) is 102 Å². The number of rotatable bonds is 9. The summed E-state index contributed by atoms with van der Waals surface area (Å²) in [6, 6.07) is 28.6. The quantitative estimate of drug-likeness (QED) is 0.585. The van der Waals surface area contributed by atoms with Crippen LogP contribution >= 0.6 is 0 Å². The molecule has 3 nitrogen and oxygen atoms in total. The molecule has 0 heterocycles. The number of amides is 1. The summed E-state index contributed by atoms with van der Waals surface area (Å²) in [7, 11) is 0. The molecule has 0 spiro atoms. The summed E-state index contributed by atoms with van der Waals surface area (Å²) >= 11 is 0. The smallest absolute Gasteiger partial charge is 0.258 e. The van der Waals surface area contributed by atoms with E-state index in [1.54, 1.807) is 0 Å². The van der Waals surface area contributed by atoms with Crippen LogP contribution in [0.3, 0.4) is 0 Å². The Labute approximate surface area is 167 Å². The SMILES string of the molecule is C[C@H](CCc1ccccc1)NC(=O)COc1ccccc1Cc1ccccc1. The molecule has 0 bridgehead atoms. The number of hydrogen-bond donors (Lipinski definition) is 1. The van der Waals surface area contributed by atoms with Gasteiger partial charge in [-0.1, -0.05) is 78.9 Å². The molecule has 0 aliphatic heterocycles. The second-order valence-corrected chi connectivity index (χ2v) is 7.05. The number of carbonyl (C=O) groups is 1. The molecule has 1 atom stereocenters. The summed E-state index contributed by atoms with van der Waals surface area (Å²) in [5.74, 6) is 0.675. The maximum Gasteiger partial charge on any atom is 0.258 e. The molecule has 0 saturated heterocycles. The third kappa shape index (κ3) is 6.27. The van der Waals surface area contributed by atoms with Gasteiger partial charge in [0.15, 0.2) is 6.61 Å². The van der Waals surface area contributed by atoms with Crippen LogP contribution in [-0.4, -0.2) is 18.6 Å². The Bertz CT molecular complexity index is 862. The lowest BCUT2D eigenvalue weighted by Gasteiger charge is -2.15. The highest BCUT2D eigenvalue weighted by molar-refractivity contribution is 5.77. The zero-order valence-electron chi connectivity index (χ0n) is 16.3. The largest absolute Gasteiger partial charge is 0.483 e. The third-order valence-electron chi connectivity index (χ3n) is 4.69. The lowest BCUT2D eigenvalue weighted by molar-refractivity contribution is -0.123. The molecule has 3 rings (SSSR count). The second-order valence-electron chi connectivity index (χ2n) is 7.05. The van der Waals surface area contributed by atoms with Gasteiger partial charge < -0.3 is 10.1 Å². The molecule has 3 aromatic rings. The van der Waals surface area contributed by atoms with E-state index in [0.717, 1.165) is 30.6 Å². The Balaban J connectivity index is 1.48. The molecule has 0 saturated carbocycles. The molecule has 28 heavy (non-hydrogen) atoms. The highest BCUT2D eigenvalue weighted by Crippen LogP contribution is 2.21. The van der Waals surface area contributed by atoms with E-state index in [1.807, 2.05) is 67.6 Å². The molecule has 0 aliphatic rings. The average Bonchev–Trinajstić information content (AvgIpc) is 2.73. The minimum Gasteiger partial charge on any atom is -0.483 e. The zero-order valence-corrected chi connectivity index (χ0v) is 16.3. The second kappa shape index (κ2) is 10.3. The average molecular weight is 373 g/mol. The van der Waals surface area contributed by atoms with Crippen molar-refractivity contribution in [3.8, 4) is 5.75 Å². The third-order valence-corrected chi connectivity index (χ3v) is 4.69. The van der Waals surface area contributed by atoms with Gasteiger partial charge in [0.1, 0.15) is 5.75 Å². The van der Waals surface area contributed by atoms with Crippen molar-refractivity contribution in [2.75, 3.05) is 6.61 Å². The van der Waals surface area contributed by atoms with Crippen LogP contribution in [0, 0.1) is 0 Å². The van der Waals surface area contributed by atoms with E-state index in [9.17, 15) is 4.79 Å². The molecule has 0 aromatic heterocycles. The number of ether oxygens (including phenoxy) is 1. The van der Waals surface area contributed by atoms with Crippen molar-refractivity contribution in [1.29, 1.82) is 0 Å². The van der Waals surface area contributed by atoms with E-state index in [2.05, 4.69) is 29.6 Å². The van der Waals surface area contributed by atoms with Crippen molar-refractivity contribution in [1.82, 2.24) is 5.32 Å². The van der Waals surface area contributed by atoms with Gasteiger partial charge >= 0.3 is 0 Å². The number of aryl methyl sites for hydroxylation is 1. The van der Waals surface area contributed by atoms with Gasteiger partial charge in [0, 0.05) is 12.5 Å². The Kier molecular flexibility index (Phi) is 7.25. The summed E-state index contributed by atoms with van der Waals surface area (Å²) in [5.41, 5.74) is 3.59. The van der Waals surface area contributed by atoms with Crippen LogP contribution in [0.5, 0.6) is 5.75 Å². The van der Waals surface area contributed by atoms with E-state index in [-0.39, 0.29) is 18.6 Å². The molecule has 0 unspecified atom stereocenters. The predicted octanol–water partition coefficient (Wildman–Crippen LogP) is 4.79. The molecule has 1 N–H and O–H groups in total. The van der Waals surface area contributed by atoms with Crippen LogP contribution in [0.1, 0.15) is 30.0 Å². The van der Waals surface area contributed by atoms with Gasteiger partial charge in [-0.25, -0.2) is 0 Å². The van der Waals surface area contributed by atoms with Crippen LogP contribution in [0.4, 0.5) is 0 Å². The molecular formula is C25H27NO2. The maximum atomic E-state index is 12.3. The van der Waals surface area contributed by atoms with E-state index in [0.29, 0.717) is 0 Å². The summed E-state index contributed by atoms with van der Waals surface area (Å²) in [6.45, 7) is 2.06. The Morgan fingerprint density at radius 3 is 2.18 bits per heavy atom. The van der Waals surface area contributed by atoms with Crippen molar-refractivity contribution < 1.29 is 9.53 Å². The van der Waals surface area contributed by atoms with Gasteiger partial charge in [-0.05, 0) is 42.5 Å². The monoisotopic (exact) mass is 373 g/mol. The zero-order chi connectivity index (χ0) is 19.6. The number of hydrogen-bond acceptors (Lipinski definition) is 2. The van der Waals surface area contributed by atoms with E-state index in [1.165, 1.54) is 11.1 Å². The standard InChI is InChI=1S/C25H27NO2/c1-20(16-17-21-10-4-2-5-11-21)26-25(27)19-28-24-15-9-8-14-23(24)18-22-12-6-3-7-13-22/h2-15,20H,16-19H2,1H3,(H,26,27)/t20-/m1/s1. The molecule has 3 aromatic carbocycles. The fourth-order valence-electron chi connectivity index (χ4n) is 3.17. The predicted molar refractivity (Wildman–Crippen MR) is 114 cm³/mol. The molecule has 1 amide bonds. The minimum absolute atomic E-state index is 0.0292.